The second-order valence-corrected chi connectivity index (χ2v) is 8.39. The van der Waals surface area contributed by atoms with E-state index < -0.39 is 0 Å². The Morgan fingerprint density at radius 2 is 1.97 bits per heavy atom. The molecule has 162 valence electrons. The molecule has 0 spiro atoms. The molecule has 1 aromatic rings. The average Bonchev–Trinajstić information content (AvgIpc) is 3.02. The van der Waals surface area contributed by atoms with Crippen molar-refractivity contribution in [2.45, 2.75) is 58.3 Å². The Bertz CT molecular complexity index is 617. The lowest BCUT2D eigenvalue weighted by Gasteiger charge is -2.33. The maximum Gasteiger partial charge on any atom is 0.220 e. The van der Waals surface area contributed by atoms with Gasteiger partial charge in [0.1, 0.15) is 18.0 Å². The third-order valence-electron chi connectivity index (χ3n) is 6.08. The van der Waals surface area contributed by atoms with Crippen LogP contribution >= 0.6 is 0 Å². The molecule has 0 unspecified atom stereocenters. The number of anilines is 2. The molecule has 0 bridgehead atoms. The molecule has 1 atom stereocenters. The number of aromatic nitrogens is 2. The predicted molar refractivity (Wildman–Crippen MR) is 118 cm³/mol. The molecule has 2 saturated heterocycles. The first-order valence-corrected chi connectivity index (χ1v) is 11.5. The van der Waals surface area contributed by atoms with E-state index in [0.29, 0.717) is 12.3 Å². The molecule has 2 fully saturated rings. The van der Waals surface area contributed by atoms with Crippen LogP contribution in [0.1, 0.15) is 58.3 Å². The van der Waals surface area contributed by atoms with Crippen LogP contribution in [0, 0.1) is 5.92 Å². The Balaban J connectivity index is 1.36. The second kappa shape index (κ2) is 12.0. The number of rotatable bonds is 9. The fraction of sp³-hybridized carbons (Fsp3) is 0.773. The van der Waals surface area contributed by atoms with Crippen LogP contribution in [-0.2, 0) is 4.79 Å². The number of nitrogens with zero attached hydrogens (tertiary/aromatic N) is 4. The van der Waals surface area contributed by atoms with Gasteiger partial charge in [0.05, 0.1) is 0 Å². The number of hydrogen-bond donors (Lipinski definition) is 2. The highest BCUT2D eigenvalue weighted by molar-refractivity contribution is 5.75. The summed E-state index contributed by atoms with van der Waals surface area (Å²) in [4.78, 5) is 25.9. The number of nitrogens with one attached hydrogen (secondary N) is 2. The van der Waals surface area contributed by atoms with E-state index in [-0.39, 0.29) is 5.91 Å². The van der Waals surface area contributed by atoms with E-state index in [1.165, 1.54) is 45.2 Å². The van der Waals surface area contributed by atoms with Gasteiger partial charge in [-0.3, -0.25) is 4.79 Å². The van der Waals surface area contributed by atoms with Crippen LogP contribution in [0.25, 0.3) is 0 Å². The van der Waals surface area contributed by atoms with Gasteiger partial charge in [0.2, 0.25) is 5.91 Å². The first kappa shape index (κ1) is 21.8. The summed E-state index contributed by atoms with van der Waals surface area (Å²) in [5, 5.41) is 6.38. The molecule has 2 aliphatic rings. The summed E-state index contributed by atoms with van der Waals surface area (Å²) >= 11 is 0. The summed E-state index contributed by atoms with van der Waals surface area (Å²) in [6.45, 7) is 9.07. The third-order valence-corrected chi connectivity index (χ3v) is 6.08. The average molecular weight is 403 g/mol. The smallest absolute Gasteiger partial charge is 0.220 e. The van der Waals surface area contributed by atoms with Crippen molar-refractivity contribution in [1.29, 1.82) is 0 Å². The first-order valence-electron chi connectivity index (χ1n) is 11.5. The Kier molecular flexibility index (Phi) is 8.99. The molecule has 29 heavy (non-hydrogen) atoms. The molecular weight excluding hydrogens is 364 g/mol. The summed E-state index contributed by atoms with van der Waals surface area (Å²) < 4.78 is 0. The van der Waals surface area contributed by atoms with Crippen molar-refractivity contribution in [2.24, 2.45) is 5.92 Å². The molecule has 0 aromatic carbocycles. The fourth-order valence-corrected chi connectivity index (χ4v) is 4.44. The fourth-order valence-electron chi connectivity index (χ4n) is 4.44. The molecule has 1 amide bonds. The van der Waals surface area contributed by atoms with Crippen LogP contribution in [0.4, 0.5) is 11.6 Å². The van der Waals surface area contributed by atoms with Crippen molar-refractivity contribution in [1.82, 2.24) is 20.2 Å². The van der Waals surface area contributed by atoms with Crippen LogP contribution in [0.3, 0.4) is 0 Å². The van der Waals surface area contributed by atoms with Crippen LogP contribution < -0.4 is 15.5 Å². The molecular formula is C22H38N6O. The predicted octanol–water partition coefficient (Wildman–Crippen LogP) is 2.90. The van der Waals surface area contributed by atoms with Gasteiger partial charge in [-0.2, -0.15) is 0 Å². The molecule has 2 N–H and O–H groups in total. The van der Waals surface area contributed by atoms with E-state index in [9.17, 15) is 4.79 Å². The van der Waals surface area contributed by atoms with E-state index in [4.69, 9.17) is 0 Å². The largest absolute Gasteiger partial charge is 0.370 e. The zero-order chi connectivity index (χ0) is 20.3. The van der Waals surface area contributed by atoms with Crippen LogP contribution in [-0.4, -0.2) is 66.6 Å². The molecule has 7 nitrogen and oxygen atoms in total. The lowest BCUT2D eigenvalue weighted by Crippen LogP contribution is -2.37. The molecule has 3 heterocycles. The van der Waals surface area contributed by atoms with Crippen LogP contribution in [0.2, 0.25) is 0 Å². The SMILES string of the molecule is CCNc1cc(N2CCC[C@H](CCC(=O)NCCN3CCCCCC3)C2)ncn1. The highest BCUT2D eigenvalue weighted by Gasteiger charge is 2.22. The molecule has 0 saturated carbocycles. The minimum Gasteiger partial charge on any atom is -0.370 e. The van der Waals surface area contributed by atoms with E-state index in [0.717, 1.165) is 57.2 Å². The van der Waals surface area contributed by atoms with E-state index in [2.05, 4.69) is 37.3 Å². The lowest BCUT2D eigenvalue weighted by atomic mass is 9.93. The van der Waals surface area contributed by atoms with Gasteiger partial charge >= 0.3 is 0 Å². The van der Waals surface area contributed by atoms with Gasteiger partial charge in [0.25, 0.3) is 0 Å². The second-order valence-electron chi connectivity index (χ2n) is 8.39. The van der Waals surface area contributed by atoms with Crippen molar-refractivity contribution in [3.8, 4) is 0 Å². The van der Waals surface area contributed by atoms with Crippen LogP contribution in [0.15, 0.2) is 12.4 Å². The number of likely N-dealkylation sites (tertiary alicyclic amines) is 1. The minimum atomic E-state index is 0.202. The molecule has 7 heteroatoms. The summed E-state index contributed by atoms with van der Waals surface area (Å²) in [6.07, 6.45) is 10.9. The number of piperidine rings is 1. The first-order chi connectivity index (χ1) is 14.2. The summed E-state index contributed by atoms with van der Waals surface area (Å²) in [5.74, 6) is 2.62. The molecule has 1 aromatic heterocycles. The van der Waals surface area contributed by atoms with Gasteiger partial charge in [0.15, 0.2) is 0 Å². The summed E-state index contributed by atoms with van der Waals surface area (Å²) in [5.41, 5.74) is 0. The van der Waals surface area contributed by atoms with Crippen molar-refractivity contribution >= 4 is 17.5 Å². The Labute approximate surface area is 175 Å². The van der Waals surface area contributed by atoms with Crippen molar-refractivity contribution in [2.75, 3.05) is 56.0 Å². The highest BCUT2D eigenvalue weighted by Crippen LogP contribution is 2.25. The standard InChI is InChI=1S/C22H38N6O/c1-2-23-20-16-21(26-18-25-20)28-14-7-8-19(17-28)9-10-22(29)24-11-15-27-12-5-3-4-6-13-27/h16,18-19H,2-15,17H2,1H3,(H,24,29)(H,23,25,26)/t19-/m1/s1. The maximum absolute atomic E-state index is 12.3. The molecule has 3 rings (SSSR count). The third kappa shape index (κ3) is 7.46. The normalized spacial score (nSPS) is 20.9. The number of carbonyl (C=O) groups is 1. The zero-order valence-electron chi connectivity index (χ0n) is 18.0. The lowest BCUT2D eigenvalue weighted by molar-refractivity contribution is -0.121. The molecule has 0 radical (unpaired) electrons. The van der Waals surface area contributed by atoms with Gasteiger partial charge in [-0.1, -0.05) is 12.8 Å². The van der Waals surface area contributed by atoms with Gasteiger partial charge in [-0.15, -0.1) is 0 Å². The van der Waals surface area contributed by atoms with Gasteiger partial charge < -0.3 is 20.4 Å². The van der Waals surface area contributed by atoms with E-state index in [1.807, 2.05) is 6.07 Å². The monoisotopic (exact) mass is 402 g/mol. The van der Waals surface area contributed by atoms with E-state index in [1.54, 1.807) is 6.33 Å². The topological polar surface area (TPSA) is 73.4 Å². The van der Waals surface area contributed by atoms with Gasteiger partial charge in [-0.25, -0.2) is 9.97 Å². The Morgan fingerprint density at radius 1 is 1.14 bits per heavy atom. The summed E-state index contributed by atoms with van der Waals surface area (Å²) in [7, 11) is 0. The Morgan fingerprint density at radius 3 is 2.76 bits per heavy atom. The zero-order valence-corrected chi connectivity index (χ0v) is 18.0. The highest BCUT2D eigenvalue weighted by atomic mass is 16.1. The quantitative estimate of drug-likeness (QED) is 0.662. The number of carbonyl (C=O) groups excluding carboxylic acids is 1. The van der Waals surface area contributed by atoms with Crippen molar-refractivity contribution < 1.29 is 4.79 Å². The molecule has 2 aliphatic heterocycles. The van der Waals surface area contributed by atoms with Gasteiger partial charge in [0, 0.05) is 45.2 Å². The van der Waals surface area contributed by atoms with Crippen molar-refractivity contribution in [3.63, 3.8) is 0 Å². The number of amides is 1. The van der Waals surface area contributed by atoms with Gasteiger partial charge in [-0.05, 0) is 58.0 Å². The van der Waals surface area contributed by atoms with Crippen LogP contribution in [0.5, 0.6) is 0 Å². The number of hydrogen-bond acceptors (Lipinski definition) is 6. The Hall–Kier alpha value is -1.89. The van der Waals surface area contributed by atoms with Crippen molar-refractivity contribution in [3.05, 3.63) is 12.4 Å². The maximum atomic E-state index is 12.3. The molecule has 0 aliphatic carbocycles. The summed E-state index contributed by atoms with van der Waals surface area (Å²) in [6, 6.07) is 2.03. The minimum absolute atomic E-state index is 0.202. The van der Waals surface area contributed by atoms with E-state index >= 15 is 0 Å².